The van der Waals surface area contributed by atoms with Gasteiger partial charge < -0.3 is 19.7 Å². The highest BCUT2D eigenvalue weighted by Crippen LogP contribution is 2.52. The molecule has 3 aromatic rings. The molecule has 1 saturated carbocycles. The zero-order valence-electron chi connectivity index (χ0n) is 24.6. The van der Waals surface area contributed by atoms with Crippen molar-refractivity contribution in [2.45, 2.75) is 49.0 Å². The second-order valence-electron chi connectivity index (χ2n) is 12.3. The van der Waals surface area contributed by atoms with Gasteiger partial charge in [-0.3, -0.25) is 9.69 Å². The molecule has 0 radical (unpaired) electrons. The second-order valence-corrected chi connectivity index (χ2v) is 15.2. The van der Waals surface area contributed by atoms with Crippen LogP contribution in [0.25, 0.3) is 0 Å². The van der Waals surface area contributed by atoms with E-state index in [9.17, 15) is 23.4 Å². The average molecular weight is 679 g/mol. The molecule has 0 unspecified atom stereocenters. The molecule has 1 amide bonds. The number of carbonyl (C=O) groups excluding carboxylic acids is 1. The first-order valence-electron chi connectivity index (χ1n) is 14.8. The van der Waals surface area contributed by atoms with Crippen LogP contribution in [0, 0.1) is 17.2 Å². The molecule has 2 heterocycles. The van der Waals surface area contributed by atoms with Crippen molar-refractivity contribution in [1.29, 1.82) is 0 Å². The quantitative estimate of drug-likeness (QED) is 0.285. The number of amides is 1. The van der Waals surface area contributed by atoms with Gasteiger partial charge in [-0.05, 0) is 79.1 Å². The molecule has 0 spiro atoms. The Morgan fingerprint density at radius 1 is 1.07 bits per heavy atom. The van der Waals surface area contributed by atoms with Crippen molar-refractivity contribution in [3.63, 3.8) is 0 Å². The van der Waals surface area contributed by atoms with Crippen molar-refractivity contribution >= 4 is 38.9 Å². The number of aliphatic hydroxyl groups is 2. The van der Waals surface area contributed by atoms with Crippen molar-refractivity contribution in [1.82, 2.24) is 4.90 Å². The van der Waals surface area contributed by atoms with Gasteiger partial charge in [0, 0.05) is 40.5 Å². The fourth-order valence-electron chi connectivity index (χ4n) is 6.39. The number of benzene rings is 3. The number of fused-ring (bicyclic) bond motifs is 1. The summed E-state index contributed by atoms with van der Waals surface area (Å²) in [5.74, 6) is -1.54. The molecule has 2 N–H and O–H groups in total. The van der Waals surface area contributed by atoms with Gasteiger partial charge in [-0.15, -0.1) is 0 Å². The smallest absolute Gasteiger partial charge is 0.257 e. The lowest BCUT2D eigenvalue weighted by molar-refractivity contribution is -0.130. The Morgan fingerprint density at radius 3 is 2.36 bits per heavy atom. The minimum atomic E-state index is -3.79. The minimum absolute atomic E-state index is 0.000782. The second kappa shape index (κ2) is 12.2. The standard InChI is InChI=1S/C33H34Cl2FNO7S/c1-45(41,42)28-16-25(35)5-2-21(28)17-37-31(40)26-14-22(30(39)20-8-12-43-13-9-20)15-27(36)29(26)33(37,23-3-6-24(34)7-4-23)44-19-32(18-38)10-11-32/h2-7,14-16,20,30,38-39H,8-13,17-19H2,1H3/t30-,33+/m0/s1. The van der Waals surface area contributed by atoms with Gasteiger partial charge in [0.05, 0.1) is 41.9 Å². The summed E-state index contributed by atoms with van der Waals surface area (Å²) in [5, 5.41) is 22.0. The number of aliphatic hydroxyl groups excluding tert-OH is 2. The van der Waals surface area contributed by atoms with E-state index in [0.717, 1.165) is 6.26 Å². The number of halogens is 3. The van der Waals surface area contributed by atoms with Gasteiger partial charge in [-0.2, -0.15) is 0 Å². The highest BCUT2D eigenvalue weighted by molar-refractivity contribution is 7.90. The lowest BCUT2D eigenvalue weighted by Gasteiger charge is -2.40. The fourth-order valence-corrected chi connectivity index (χ4v) is 7.70. The molecule has 6 rings (SSSR count). The van der Waals surface area contributed by atoms with Crippen molar-refractivity contribution in [3.8, 4) is 0 Å². The number of hydrogen-bond acceptors (Lipinski definition) is 7. The van der Waals surface area contributed by atoms with Crippen molar-refractivity contribution in [2.75, 3.05) is 32.7 Å². The highest BCUT2D eigenvalue weighted by Gasteiger charge is 2.56. The van der Waals surface area contributed by atoms with Crippen LogP contribution >= 0.6 is 23.2 Å². The Labute approximate surface area is 271 Å². The number of ether oxygens (including phenoxy) is 2. The SMILES string of the molecule is CS(=O)(=O)c1cc(Cl)ccc1CN1C(=O)c2cc([C@@H](O)C3CCOCC3)cc(F)c2[C@]1(OCC1(CO)CC1)c1ccc(Cl)cc1. The van der Waals surface area contributed by atoms with Crippen LogP contribution in [0.15, 0.2) is 59.5 Å². The zero-order chi connectivity index (χ0) is 32.1. The first kappa shape index (κ1) is 32.4. The van der Waals surface area contributed by atoms with E-state index in [-0.39, 0.29) is 57.8 Å². The van der Waals surface area contributed by atoms with E-state index in [2.05, 4.69) is 0 Å². The van der Waals surface area contributed by atoms with E-state index in [1.807, 2.05) is 0 Å². The molecule has 2 aliphatic heterocycles. The van der Waals surface area contributed by atoms with Crippen LogP contribution in [0.1, 0.15) is 64.4 Å². The molecule has 45 heavy (non-hydrogen) atoms. The van der Waals surface area contributed by atoms with Gasteiger partial charge in [0.2, 0.25) is 0 Å². The molecule has 240 valence electrons. The van der Waals surface area contributed by atoms with Crippen LogP contribution in [0.5, 0.6) is 0 Å². The number of hydrogen-bond donors (Lipinski definition) is 2. The van der Waals surface area contributed by atoms with Crippen molar-refractivity contribution < 1.29 is 37.3 Å². The summed E-state index contributed by atoms with van der Waals surface area (Å²) < 4.78 is 54.5. The predicted molar refractivity (Wildman–Crippen MR) is 166 cm³/mol. The summed E-state index contributed by atoms with van der Waals surface area (Å²) in [6.45, 7) is 0.524. The van der Waals surface area contributed by atoms with Gasteiger partial charge >= 0.3 is 0 Å². The lowest BCUT2D eigenvalue weighted by atomic mass is 9.86. The molecule has 12 heteroatoms. The molecule has 1 aliphatic carbocycles. The molecule has 8 nitrogen and oxygen atoms in total. The monoisotopic (exact) mass is 677 g/mol. The summed E-state index contributed by atoms with van der Waals surface area (Å²) in [7, 11) is -3.79. The Morgan fingerprint density at radius 2 is 1.73 bits per heavy atom. The predicted octanol–water partition coefficient (Wildman–Crippen LogP) is 5.64. The maximum absolute atomic E-state index is 16.7. The molecular formula is C33H34Cl2FNO7S. The summed E-state index contributed by atoms with van der Waals surface area (Å²) in [6, 6.07) is 13.6. The van der Waals surface area contributed by atoms with E-state index in [1.54, 1.807) is 24.3 Å². The molecule has 1 saturated heterocycles. The lowest BCUT2D eigenvalue weighted by Crippen LogP contribution is -2.48. The third-order valence-electron chi connectivity index (χ3n) is 9.23. The molecule has 0 bridgehead atoms. The van der Waals surface area contributed by atoms with Crippen LogP contribution < -0.4 is 0 Å². The maximum atomic E-state index is 16.7. The number of nitrogens with zero attached hydrogens (tertiary/aromatic N) is 1. The summed E-state index contributed by atoms with van der Waals surface area (Å²) in [6.07, 6.45) is 2.58. The van der Waals surface area contributed by atoms with Gasteiger partial charge in [0.25, 0.3) is 5.91 Å². The van der Waals surface area contributed by atoms with Crippen LogP contribution in [0.3, 0.4) is 0 Å². The Hall–Kier alpha value is -2.57. The summed E-state index contributed by atoms with van der Waals surface area (Å²) >= 11 is 12.4. The van der Waals surface area contributed by atoms with Gasteiger partial charge in [-0.25, -0.2) is 12.8 Å². The Bertz CT molecular complexity index is 1730. The largest absolute Gasteiger partial charge is 0.396 e. The minimum Gasteiger partial charge on any atom is -0.396 e. The molecular weight excluding hydrogens is 644 g/mol. The number of sulfone groups is 1. The third-order valence-corrected chi connectivity index (χ3v) is 10.9. The molecule has 3 aromatic carbocycles. The Kier molecular flexibility index (Phi) is 8.79. The molecule has 3 aliphatic rings. The first-order chi connectivity index (χ1) is 21.4. The summed E-state index contributed by atoms with van der Waals surface area (Å²) in [4.78, 5) is 15.8. The highest BCUT2D eigenvalue weighted by atomic mass is 35.5. The Balaban J connectivity index is 1.55. The first-order valence-corrected chi connectivity index (χ1v) is 17.4. The van der Waals surface area contributed by atoms with Crippen molar-refractivity contribution in [2.24, 2.45) is 11.3 Å². The maximum Gasteiger partial charge on any atom is 0.257 e. The van der Waals surface area contributed by atoms with Gasteiger partial charge in [-0.1, -0.05) is 41.4 Å². The van der Waals surface area contributed by atoms with Crippen LogP contribution in [-0.2, 0) is 31.6 Å². The fraction of sp³-hybridized carbons (Fsp3) is 0.424. The number of rotatable bonds is 10. The topological polar surface area (TPSA) is 113 Å². The molecule has 2 fully saturated rings. The summed E-state index contributed by atoms with van der Waals surface area (Å²) in [5.41, 5.74) is -1.56. The average Bonchev–Trinajstić information content (AvgIpc) is 3.77. The number of carbonyl (C=O) groups is 1. The molecule has 2 atom stereocenters. The van der Waals surface area contributed by atoms with Crippen LogP contribution in [0.4, 0.5) is 4.39 Å². The third kappa shape index (κ3) is 6.02. The van der Waals surface area contributed by atoms with E-state index >= 15 is 4.39 Å². The van der Waals surface area contributed by atoms with Crippen LogP contribution in [0.2, 0.25) is 10.0 Å². The molecule has 0 aromatic heterocycles. The zero-order valence-corrected chi connectivity index (χ0v) is 27.0. The van der Waals surface area contributed by atoms with Gasteiger partial charge in [0.15, 0.2) is 15.6 Å². The van der Waals surface area contributed by atoms with Crippen LogP contribution in [-0.4, -0.2) is 62.1 Å². The van der Waals surface area contributed by atoms with E-state index in [0.29, 0.717) is 49.5 Å². The van der Waals surface area contributed by atoms with E-state index in [1.165, 1.54) is 35.2 Å². The van der Waals surface area contributed by atoms with Gasteiger partial charge in [0.1, 0.15) is 5.82 Å². The van der Waals surface area contributed by atoms with E-state index < -0.39 is 38.8 Å². The van der Waals surface area contributed by atoms with Crippen molar-refractivity contribution in [3.05, 3.63) is 98.3 Å². The van der Waals surface area contributed by atoms with E-state index in [4.69, 9.17) is 32.7 Å². The normalized spacial score (nSPS) is 22.0.